The van der Waals surface area contributed by atoms with E-state index in [1.807, 2.05) is 0 Å². The van der Waals surface area contributed by atoms with Gasteiger partial charge in [-0.1, -0.05) is 25.3 Å². The first-order valence-corrected chi connectivity index (χ1v) is 10.6. The maximum absolute atomic E-state index is 13.8. The fraction of sp³-hybridized carbons (Fsp3) is 0.333. The van der Waals surface area contributed by atoms with Crippen molar-refractivity contribution in [1.29, 1.82) is 0 Å². The van der Waals surface area contributed by atoms with E-state index in [1.54, 1.807) is 0 Å². The summed E-state index contributed by atoms with van der Waals surface area (Å²) >= 11 is 0. The lowest BCUT2D eigenvalue weighted by atomic mass is 10.1. The molecule has 204 valence electrons. The monoisotopic (exact) mass is 542 g/mol. The molecule has 0 fully saturated rings. The van der Waals surface area contributed by atoms with E-state index in [9.17, 15) is 35.1 Å². The summed E-state index contributed by atoms with van der Waals surface area (Å²) in [5.74, 6) is -15.7. The van der Waals surface area contributed by atoms with Gasteiger partial charge in [-0.15, -0.1) is 0 Å². The topological polar surface area (TPSA) is 46.2 Å². The average molecular weight is 542 g/mol. The van der Waals surface area contributed by atoms with E-state index in [0.29, 0.717) is 12.2 Å². The van der Waals surface area contributed by atoms with Crippen LogP contribution in [0.1, 0.15) is 11.1 Å². The summed E-state index contributed by atoms with van der Waals surface area (Å²) in [6.45, 7) is 5.20. The van der Waals surface area contributed by atoms with Gasteiger partial charge in [0, 0.05) is 0 Å². The van der Waals surface area contributed by atoms with E-state index in [4.69, 9.17) is 23.7 Å². The van der Waals surface area contributed by atoms with Crippen LogP contribution in [0.15, 0.2) is 13.2 Å². The van der Waals surface area contributed by atoms with Crippen LogP contribution < -0.4 is 9.47 Å². The van der Waals surface area contributed by atoms with Gasteiger partial charge in [-0.05, 0) is 0 Å². The standard InChI is InChI=1S/C24H22F8O5/c1-3-13-15(25)19(29)23(20(30)16(13)26)36-11-9-34-7-5-33-6-8-35-10-12-37-24-21(31)17(27)14(4-2)18(28)22(24)32/h3-4H,1-2,5-12H2. The Balaban J connectivity index is 1.57. The summed E-state index contributed by atoms with van der Waals surface area (Å²) in [7, 11) is 0. The van der Waals surface area contributed by atoms with Gasteiger partial charge in [-0.3, -0.25) is 0 Å². The number of benzene rings is 2. The Morgan fingerprint density at radius 1 is 0.405 bits per heavy atom. The van der Waals surface area contributed by atoms with E-state index in [1.165, 1.54) is 0 Å². The van der Waals surface area contributed by atoms with Crippen molar-refractivity contribution in [3.05, 3.63) is 70.8 Å². The predicted molar refractivity (Wildman–Crippen MR) is 116 cm³/mol. The van der Waals surface area contributed by atoms with Crippen LogP contribution >= 0.6 is 0 Å². The van der Waals surface area contributed by atoms with Gasteiger partial charge >= 0.3 is 0 Å². The summed E-state index contributed by atoms with van der Waals surface area (Å²) in [4.78, 5) is 0. The van der Waals surface area contributed by atoms with Gasteiger partial charge < -0.3 is 23.7 Å². The highest BCUT2D eigenvalue weighted by molar-refractivity contribution is 5.52. The number of hydrogen-bond donors (Lipinski definition) is 0. The second-order valence-corrected chi connectivity index (χ2v) is 6.94. The first-order valence-electron chi connectivity index (χ1n) is 10.6. The van der Waals surface area contributed by atoms with Crippen molar-refractivity contribution in [2.45, 2.75) is 0 Å². The zero-order valence-electron chi connectivity index (χ0n) is 19.3. The molecule has 2 aromatic carbocycles. The maximum Gasteiger partial charge on any atom is 0.204 e. The Hall–Kier alpha value is -3.16. The molecule has 0 amide bonds. The fourth-order valence-electron chi connectivity index (χ4n) is 2.82. The zero-order valence-corrected chi connectivity index (χ0v) is 19.3. The van der Waals surface area contributed by atoms with Crippen molar-refractivity contribution < 1.29 is 58.8 Å². The summed E-state index contributed by atoms with van der Waals surface area (Å²) in [5, 5.41) is 0. The molecule has 0 N–H and O–H groups in total. The number of halogens is 8. The molecule has 0 heterocycles. The van der Waals surface area contributed by atoms with E-state index >= 15 is 0 Å². The van der Waals surface area contributed by atoms with E-state index < -0.39 is 82.4 Å². The Kier molecular flexibility index (Phi) is 11.8. The first kappa shape index (κ1) is 30.1. The van der Waals surface area contributed by atoms with E-state index in [0.717, 1.165) is 0 Å². The molecule has 0 aliphatic rings. The smallest absolute Gasteiger partial charge is 0.204 e. The summed E-state index contributed by atoms with van der Waals surface area (Å²) in [6.07, 6.45) is 1.28. The van der Waals surface area contributed by atoms with E-state index in [2.05, 4.69) is 13.2 Å². The molecule has 0 atom stereocenters. The second kappa shape index (κ2) is 14.5. The van der Waals surface area contributed by atoms with Crippen molar-refractivity contribution >= 4 is 12.2 Å². The Labute approximate surface area is 206 Å². The molecule has 0 aromatic heterocycles. The number of ether oxygens (including phenoxy) is 5. The fourth-order valence-corrected chi connectivity index (χ4v) is 2.82. The minimum atomic E-state index is -1.69. The second-order valence-electron chi connectivity index (χ2n) is 6.94. The normalized spacial score (nSPS) is 11.0. The van der Waals surface area contributed by atoms with Crippen molar-refractivity contribution in [3.8, 4) is 11.5 Å². The number of rotatable bonds is 16. The van der Waals surface area contributed by atoms with Crippen LogP contribution in [0.5, 0.6) is 11.5 Å². The molecule has 0 aliphatic heterocycles. The summed E-state index contributed by atoms with van der Waals surface area (Å²) in [5.41, 5.74) is -1.89. The lowest BCUT2D eigenvalue weighted by Gasteiger charge is -2.12. The Morgan fingerprint density at radius 2 is 0.649 bits per heavy atom. The third kappa shape index (κ3) is 7.43. The molecule has 2 aromatic rings. The SMILES string of the molecule is C=Cc1c(F)c(F)c(OCCOCCOCCOCCOc2c(F)c(F)c(C=C)c(F)c2F)c(F)c1F. The Bertz CT molecular complexity index is 966. The molecule has 0 saturated carbocycles. The van der Waals surface area contributed by atoms with E-state index in [-0.39, 0.29) is 39.6 Å². The van der Waals surface area contributed by atoms with Gasteiger partial charge in [0.15, 0.2) is 34.8 Å². The molecular weight excluding hydrogens is 520 g/mol. The van der Waals surface area contributed by atoms with Crippen LogP contribution in [-0.4, -0.2) is 52.9 Å². The summed E-state index contributed by atoms with van der Waals surface area (Å²) in [6, 6.07) is 0. The quantitative estimate of drug-likeness (QED) is 0.157. The first-order chi connectivity index (χ1) is 17.7. The van der Waals surface area contributed by atoms with Gasteiger partial charge in [-0.2, -0.15) is 17.6 Å². The van der Waals surface area contributed by atoms with Gasteiger partial charge in [0.05, 0.1) is 50.8 Å². The van der Waals surface area contributed by atoms with Crippen molar-refractivity contribution in [2.24, 2.45) is 0 Å². The molecule has 37 heavy (non-hydrogen) atoms. The van der Waals surface area contributed by atoms with Crippen LogP contribution in [-0.2, 0) is 14.2 Å². The minimum Gasteiger partial charge on any atom is -0.485 e. The molecule has 0 radical (unpaired) electrons. The minimum absolute atomic E-state index is 0.0337. The zero-order chi connectivity index (χ0) is 27.5. The molecule has 5 nitrogen and oxygen atoms in total. The van der Waals surface area contributed by atoms with Gasteiger partial charge in [0.2, 0.25) is 23.3 Å². The molecule has 0 aliphatic carbocycles. The molecule has 0 saturated heterocycles. The van der Waals surface area contributed by atoms with Gasteiger partial charge in [0.25, 0.3) is 0 Å². The molecule has 2 rings (SSSR count). The van der Waals surface area contributed by atoms with Crippen molar-refractivity contribution in [2.75, 3.05) is 52.9 Å². The van der Waals surface area contributed by atoms with Crippen LogP contribution in [0.2, 0.25) is 0 Å². The molecule has 0 spiro atoms. The van der Waals surface area contributed by atoms with Crippen LogP contribution in [0, 0.1) is 46.5 Å². The Morgan fingerprint density at radius 3 is 0.892 bits per heavy atom. The third-order valence-corrected chi connectivity index (χ3v) is 4.61. The lowest BCUT2D eigenvalue weighted by Crippen LogP contribution is -2.15. The van der Waals surface area contributed by atoms with Crippen molar-refractivity contribution in [3.63, 3.8) is 0 Å². The average Bonchev–Trinajstić information content (AvgIpc) is 2.88. The summed E-state index contributed by atoms with van der Waals surface area (Å²) < 4.78 is 135. The molecule has 0 unspecified atom stereocenters. The third-order valence-electron chi connectivity index (χ3n) is 4.61. The molecule has 13 heteroatoms. The van der Waals surface area contributed by atoms with Gasteiger partial charge in [-0.25, -0.2) is 17.6 Å². The highest BCUT2D eigenvalue weighted by Gasteiger charge is 2.26. The largest absolute Gasteiger partial charge is 0.485 e. The van der Waals surface area contributed by atoms with Crippen molar-refractivity contribution in [1.82, 2.24) is 0 Å². The molecular formula is C24H22F8O5. The van der Waals surface area contributed by atoms with Gasteiger partial charge in [0.1, 0.15) is 13.2 Å². The molecule has 0 bridgehead atoms. The highest BCUT2D eigenvalue weighted by Crippen LogP contribution is 2.31. The van der Waals surface area contributed by atoms with Crippen LogP contribution in [0.25, 0.3) is 12.2 Å². The predicted octanol–water partition coefficient (Wildman–Crippen LogP) is 5.59. The highest BCUT2D eigenvalue weighted by atomic mass is 19.2. The lowest BCUT2D eigenvalue weighted by molar-refractivity contribution is 0.00419. The number of hydrogen-bond acceptors (Lipinski definition) is 5. The van der Waals surface area contributed by atoms with Crippen LogP contribution in [0.4, 0.5) is 35.1 Å². The maximum atomic E-state index is 13.8. The van der Waals surface area contributed by atoms with Crippen LogP contribution in [0.3, 0.4) is 0 Å².